The number of halogens is 1. The fraction of sp³-hybridized carbons (Fsp3) is 0.600. The van der Waals surface area contributed by atoms with E-state index in [-0.39, 0.29) is 11.9 Å². The summed E-state index contributed by atoms with van der Waals surface area (Å²) in [7, 11) is 2.08. The lowest BCUT2D eigenvalue weighted by Crippen LogP contribution is -2.31. The SMILES string of the molecule is CC(c1ccccc1F)N(C)CC1(CCN)CC1. The minimum absolute atomic E-state index is 0.111. The highest BCUT2D eigenvalue weighted by atomic mass is 19.1. The van der Waals surface area contributed by atoms with Crippen LogP contribution in [0.4, 0.5) is 4.39 Å². The predicted molar refractivity (Wildman–Crippen MR) is 72.8 cm³/mol. The van der Waals surface area contributed by atoms with Crippen LogP contribution in [0.5, 0.6) is 0 Å². The van der Waals surface area contributed by atoms with Crippen LogP contribution in [-0.2, 0) is 0 Å². The van der Waals surface area contributed by atoms with Gasteiger partial charge in [-0.3, -0.25) is 4.90 Å². The van der Waals surface area contributed by atoms with E-state index in [0.29, 0.717) is 5.41 Å². The summed E-state index contributed by atoms with van der Waals surface area (Å²) in [4.78, 5) is 2.25. The zero-order valence-electron chi connectivity index (χ0n) is 11.3. The molecule has 2 N–H and O–H groups in total. The Morgan fingerprint density at radius 2 is 2.06 bits per heavy atom. The van der Waals surface area contributed by atoms with Crippen molar-refractivity contribution >= 4 is 0 Å². The number of benzene rings is 1. The maximum Gasteiger partial charge on any atom is 0.127 e. The first-order chi connectivity index (χ1) is 8.58. The summed E-state index contributed by atoms with van der Waals surface area (Å²) < 4.78 is 13.8. The van der Waals surface area contributed by atoms with E-state index in [1.165, 1.54) is 18.9 Å². The van der Waals surface area contributed by atoms with Crippen LogP contribution >= 0.6 is 0 Å². The molecule has 1 unspecified atom stereocenters. The Morgan fingerprint density at radius 1 is 1.39 bits per heavy atom. The molecule has 0 spiro atoms. The molecule has 18 heavy (non-hydrogen) atoms. The summed E-state index contributed by atoms with van der Waals surface area (Å²) >= 11 is 0. The Labute approximate surface area is 109 Å². The van der Waals surface area contributed by atoms with Gasteiger partial charge in [-0.1, -0.05) is 18.2 Å². The largest absolute Gasteiger partial charge is 0.330 e. The predicted octanol–water partition coefficient (Wildman–Crippen LogP) is 2.95. The number of rotatable bonds is 6. The molecule has 1 aliphatic carbocycles. The van der Waals surface area contributed by atoms with Crippen LogP contribution in [0.3, 0.4) is 0 Å². The second-order valence-corrected chi connectivity index (χ2v) is 5.65. The minimum atomic E-state index is -0.111. The van der Waals surface area contributed by atoms with Gasteiger partial charge in [0.15, 0.2) is 0 Å². The number of hydrogen-bond acceptors (Lipinski definition) is 2. The Morgan fingerprint density at radius 3 is 2.61 bits per heavy atom. The third-order valence-corrected chi connectivity index (χ3v) is 4.23. The fourth-order valence-corrected chi connectivity index (χ4v) is 2.69. The van der Waals surface area contributed by atoms with Gasteiger partial charge in [0, 0.05) is 18.2 Å². The Balaban J connectivity index is 2.01. The van der Waals surface area contributed by atoms with Gasteiger partial charge in [-0.05, 0) is 51.3 Å². The van der Waals surface area contributed by atoms with Crippen molar-refractivity contribution in [1.82, 2.24) is 4.90 Å². The van der Waals surface area contributed by atoms with E-state index in [2.05, 4.69) is 18.9 Å². The molecular weight excluding hydrogens is 227 g/mol. The van der Waals surface area contributed by atoms with E-state index in [1.54, 1.807) is 6.07 Å². The maximum atomic E-state index is 13.8. The van der Waals surface area contributed by atoms with E-state index < -0.39 is 0 Å². The summed E-state index contributed by atoms with van der Waals surface area (Å²) in [5.74, 6) is -0.111. The van der Waals surface area contributed by atoms with Crippen LogP contribution in [0.25, 0.3) is 0 Å². The highest BCUT2D eigenvalue weighted by molar-refractivity contribution is 5.20. The van der Waals surface area contributed by atoms with Crippen molar-refractivity contribution in [1.29, 1.82) is 0 Å². The summed E-state index contributed by atoms with van der Waals surface area (Å²) in [5.41, 5.74) is 6.85. The van der Waals surface area contributed by atoms with Crippen LogP contribution in [0, 0.1) is 11.2 Å². The highest BCUT2D eigenvalue weighted by Gasteiger charge is 2.42. The van der Waals surface area contributed by atoms with E-state index in [1.807, 2.05) is 12.1 Å². The molecular formula is C15H23FN2. The molecule has 1 aliphatic rings. The van der Waals surface area contributed by atoms with Gasteiger partial charge in [-0.25, -0.2) is 4.39 Å². The molecule has 0 amide bonds. The van der Waals surface area contributed by atoms with Gasteiger partial charge in [0.1, 0.15) is 5.82 Å². The van der Waals surface area contributed by atoms with Crippen molar-refractivity contribution in [2.24, 2.45) is 11.1 Å². The highest BCUT2D eigenvalue weighted by Crippen LogP contribution is 2.49. The lowest BCUT2D eigenvalue weighted by atomic mass is 9.99. The lowest BCUT2D eigenvalue weighted by Gasteiger charge is -2.29. The first kappa shape index (κ1) is 13.5. The molecule has 2 rings (SSSR count). The average molecular weight is 250 g/mol. The van der Waals surface area contributed by atoms with E-state index in [4.69, 9.17) is 5.73 Å². The molecule has 3 heteroatoms. The Hall–Kier alpha value is -0.930. The molecule has 0 bridgehead atoms. The van der Waals surface area contributed by atoms with Gasteiger partial charge in [0.2, 0.25) is 0 Å². The molecule has 1 saturated carbocycles. The first-order valence-electron chi connectivity index (χ1n) is 6.73. The van der Waals surface area contributed by atoms with Crippen molar-refractivity contribution < 1.29 is 4.39 Å². The van der Waals surface area contributed by atoms with Gasteiger partial charge >= 0.3 is 0 Å². The van der Waals surface area contributed by atoms with Crippen LogP contribution in [0.2, 0.25) is 0 Å². The monoisotopic (exact) mass is 250 g/mol. The first-order valence-corrected chi connectivity index (χ1v) is 6.73. The number of nitrogens with zero attached hydrogens (tertiary/aromatic N) is 1. The molecule has 1 aromatic rings. The quantitative estimate of drug-likeness (QED) is 0.841. The standard InChI is InChI=1S/C15H23FN2/c1-12(13-5-3-4-6-14(13)16)18(2)11-15(7-8-15)9-10-17/h3-6,12H,7-11,17H2,1-2H3. The van der Waals surface area contributed by atoms with Crippen molar-refractivity contribution in [2.45, 2.75) is 32.2 Å². The van der Waals surface area contributed by atoms with Crippen LogP contribution < -0.4 is 5.73 Å². The second-order valence-electron chi connectivity index (χ2n) is 5.65. The van der Waals surface area contributed by atoms with Crippen molar-refractivity contribution in [3.8, 4) is 0 Å². The topological polar surface area (TPSA) is 29.3 Å². The van der Waals surface area contributed by atoms with Crippen LogP contribution in [0.15, 0.2) is 24.3 Å². The van der Waals surface area contributed by atoms with Gasteiger partial charge in [-0.15, -0.1) is 0 Å². The van der Waals surface area contributed by atoms with Gasteiger partial charge in [0.25, 0.3) is 0 Å². The molecule has 0 saturated heterocycles. The molecule has 1 fully saturated rings. The van der Waals surface area contributed by atoms with Gasteiger partial charge in [0.05, 0.1) is 0 Å². The molecule has 1 atom stereocenters. The molecule has 2 nitrogen and oxygen atoms in total. The van der Waals surface area contributed by atoms with Crippen LogP contribution in [0.1, 0.15) is 37.8 Å². The molecule has 0 heterocycles. The van der Waals surface area contributed by atoms with Gasteiger partial charge in [-0.2, -0.15) is 0 Å². The van der Waals surface area contributed by atoms with Crippen LogP contribution in [-0.4, -0.2) is 25.0 Å². The second kappa shape index (κ2) is 5.37. The van der Waals surface area contributed by atoms with Crippen molar-refractivity contribution in [3.05, 3.63) is 35.6 Å². The summed E-state index contributed by atoms with van der Waals surface area (Å²) in [5, 5.41) is 0. The van der Waals surface area contributed by atoms with E-state index in [9.17, 15) is 4.39 Å². The third-order valence-electron chi connectivity index (χ3n) is 4.23. The molecule has 0 aliphatic heterocycles. The Kier molecular flexibility index (Phi) is 4.03. The zero-order valence-corrected chi connectivity index (χ0v) is 11.3. The summed E-state index contributed by atoms with van der Waals surface area (Å²) in [6.45, 7) is 3.83. The van der Waals surface area contributed by atoms with E-state index >= 15 is 0 Å². The maximum absolute atomic E-state index is 13.8. The molecule has 0 radical (unpaired) electrons. The average Bonchev–Trinajstić information content (AvgIpc) is 3.09. The number of hydrogen-bond donors (Lipinski definition) is 1. The number of nitrogens with two attached hydrogens (primary N) is 1. The van der Waals surface area contributed by atoms with Crippen molar-refractivity contribution in [2.75, 3.05) is 20.1 Å². The smallest absolute Gasteiger partial charge is 0.127 e. The molecule has 100 valence electrons. The zero-order chi connectivity index (χ0) is 13.2. The summed E-state index contributed by atoms with van der Waals surface area (Å²) in [6.07, 6.45) is 3.61. The molecule has 0 aromatic heterocycles. The van der Waals surface area contributed by atoms with E-state index in [0.717, 1.165) is 25.1 Å². The Bertz CT molecular complexity index is 401. The van der Waals surface area contributed by atoms with Gasteiger partial charge < -0.3 is 5.73 Å². The third kappa shape index (κ3) is 2.90. The lowest BCUT2D eigenvalue weighted by molar-refractivity contribution is 0.200. The normalized spacial score (nSPS) is 18.9. The minimum Gasteiger partial charge on any atom is -0.330 e. The molecule has 1 aromatic carbocycles. The fourth-order valence-electron chi connectivity index (χ4n) is 2.69. The summed E-state index contributed by atoms with van der Waals surface area (Å²) in [6, 6.07) is 7.16. The van der Waals surface area contributed by atoms with Crippen molar-refractivity contribution in [3.63, 3.8) is 0 Å².